The number of anilines is 1. The molecule has 1 unspecified atom stereocenters. The van der Waals surface area contributed by atoms with Gasteiger partial charge in [-0.15, -0.1) is 0 Å². The van der Waals surface area contributed by atoms with Gasteiger partial charge >= 0.3 is 0 Å². The normalized spacial score (nSPS) is 13.8. The molecule has 98 valence electrons. The topological polar surface area (TPSA) is 55.1 Å². The number of hydrogen-bond acceptors (Lipinski definition) is 2. The lowest BCUT2D eigenvalue weighted by atomic mass is 9.86. The van der Waals surface area contributed by atoms with Crippen LogP contribution in [0.1, 0.15) is 20.3 Å². The predicted molar refractivity (Wildman–Crippen MR) is 75.2 cm³/mol. The number of nitrogens with two attached hydrogens (primary N) is 1. The van der Waals surface area contributed by atoms with Gasteiger partial charge in [-0.2, -0.15) is 0 Å². The number of carbonyl (C=O) groups excluding carboxylic acids is 1. The number of nitrogens with one attached hydrogen (secondary N) is 1. The predicted octanol–water partition coefficient (Wildman–Crippen LogP) is 3.12. The first-order valence-corrected chi connectivity index (χ1v) is 6.17. The van der Waals surface area contributed by atoms with Gasteiger partial charge in [-0.25, -0.2) is 4.39 Å². The monoisotopic (exact) mass is 288 g/mol. The molecule has 3 nitrogen and oxygen atoms in total. The molecule has 0 saturated carbocycles. The molecule has 0 fully saturated rings. The van der Waals surface area contributed by atoms with Crippen molar-refractivity contribution in [3.8, 4) is 0 Å². The number of amides is 1. The van der Waals surface area contributed by atoms with E-state index in [0.717, 1.165) is 0 Å². The summed E-state index contributed by atoms with van der Waals surface area (Å²) in [4.78, 5) is 12.2. The number of benzene rings is 1. The van der Waals surface area contributed by atoms with Gasteiger partial charge in [-0.1, -0.05) is 36.8 Å². The Balaban J connectivity index is 3.05. The number of carbonyl (C=O) groups is 1. The third-order valence-electron chi connectivity index (χ3n) is 2.95. The largest absolute Gasteiger partial charge is 0.392 e. The van der Waals surface area contributed by atoms with Crippen LogP contribution in [0, 0.1) is 11.2 Å². The lowest BCUT2D eigenvalue weighted by Gasteiger charge is -2.25. The molecule has 0 heterocycles. The molecule has 0 aromatic heterocycles. The van der Waals surface area contributed by atoms with Crippen molar-refractivity contribution in [2.45, 2.75) is 20.3 Å². The Hall–Kier alpha value is -1.20. The summed E-state index contributed by atoms with van der Waals surface area (Å²) in [6.45, 7) is 3.39. The van der Waals surface area contributed by atoms with E-state index in [1.165, 1.54) is 18.2 Å². The zero-order chi connectivity index (χ0) is 13.9. The molecule has 0 radical (unpaired) electrons. The number of hydrogen-bond donors (Lipinski definition) is 2. The summed E-state index contributed by atoms with van der Waals surface area (Å²) in [6, 6.07) is 4.16. The highest BCUT2D eigenvalue weighted by atomic mass is 35.5. The maximum atomic E-state index is 13.5. The Kier molecular flexibility index (Phi) is 4.65. The first-order chi connectivity index (χ1) is 8.32. The molecule has 18 heavy (non-hydrogen) atoms. The average molecular weight is 289 g/mol. The summed E-state index contributed by atoms with van der Waals surface area (Å²) in [6.07, 6.45) is 0.417. The van der Waals surface area contributed by atoms with Crippen LogP contribution in [0.5, 0.6) is 0 Å². The SMILES string of the molecule is CCC(C)(C(=O)Nc1c(F)cccc1Cl)C(N)=S. The third kappa shape index (κ3) is 2.79. The quantitative estimate of drug-likeness (QED) is 0.837. The standard InChI is InChI=1S/C12H14ClFN2OS/c1-3-12(2,10(15)18)11(17)16-9-7(13)5-4-6-8(9)14/h4-6H,3H2,1-2H3,(H2,15,18)(H,16,17). The van der Waals surface area contributed by atoms with E-state index in [-0.39, 0.29) is 15.7 Å². The highest BCUT2D eigenvalue weighted by Crippen LogP contribution is 2.29. The lowest BCUT2D eigenvalue weighted by molar-refractivity contribution is -0.121. The molecule has 3 N–H and O–H groups in total. The molecule has 1 aromatic rings. The van der Waals surface area contributed by atoms with Crippen molar-refractivity contribution in [2.75, 3.05) is 5.32 Å². The van der Waals surface area contributed by atoms with Crippen molar-refractivity contribution in [3.05, 3.63) is 29.0 Å². The molecule has 0 aliphatic heterocycles. The van der Waals surface area contributed by atoms with Crippen molar-refractivity contribution in [1.29, 1.82) is 0 Å². The fourth-order valence-electron chi connectivity index (χ4n) is 1.32. The Morgan fingerprint density at radius 3 is 2.67 bits per heavy atom. The molecule has 0 bridgehead atoms. The second-order valence-electron chi connectivity index (χ2n) is 4.10. The summed E-state index contributed by atoms with van der Waals surface area (Å²) in [5.41, 5.74) is 4.47. The number of rotatable bonds is 4. The molecular weight excluding hydrogens is 275 g/mol. The minimum absolute atomic E-state index is 0.0555. The summed E-state index contributed by atoms with van der Waals surface area (Å²) in [7, 11) is 0. The maximum Gasteiger partial charge on any atom is 0.237 e. The fraction of sp³-hybridized carbons (Fsp3) is 0.333. The van der Waals surface area contributed by atoms with Crippen LogP contribution in [0.4, 0.5) is 10.1 Å². The maximum absolute atomic E-state index is 13.5. The van der Waals surface area contributed by atoms with Crippen LogP contribution < -0.4 is 11.1 Å². The van der Waals surface area contributed by atoms with Gasteiger partial charge in [0, 0.05) is 0 Å². The minimum Gasteiger partial charge on any atom is -0.392 e. The summed E-state index contributed by atoms with van der Waals surface area (Å²) in [5.74, 6) is -1.07. The lowest BCUT2D eigenvalue weighted by Crippen LogP contribution is -2.43. The Bertz CT molecular complexity index is 475. The van der Waals surface area contributed by atoms with Gasteiger partial charge in [0.1, 0.15) is 5.82 Å². The highest BCUT2D eigenvalue weighted by molar-refractivity contribution is 7.80. The average Bonchev–Trinajstić information content (AvgIpc) is 2.32. The fourth-order valence-corrected chi connectivity index (χ4v) is 1.76. The van der Waals surface area contributed by atoms with Crippen molar-refractivity contribution in [1.82, 2.24) is 0 Å². The van der Waals surface area contributed by atoms with Gasteiger partial charge in [0.15, 0.2) is 0 Å². The van der Waals surface area contributed by atoms with Crippen molar-refractivity contribution >= 4 is 40.4 Å². The van der Waals surface area contributed by atoms with Crippen LogP contribution in [0.2, 0.25) is 5.02 Å². The highest BCUT2D eigenvalue weighted by Gasteiger charge is 2.35. The zero-order valence-corrected chi connectivity index (χ0v) is 11.7. The van der Waals surface area contributed by atoms with Gasteiger partial charge in [0.2, 0.25) is 5.91 Å². The Morgan fingerprint density at radius 2 is 2.22 bits per heavy atom. The number of thiocarbonyl (C=S) groups is 1. The van der Waals surface area contributed by atoms with Gasteiger partial charge in [-0.3, -0.25) is 4.79 Å². The first-order valence-electron chi connectivity index (χ1n) is 5.38. The molecule has 6 heteroatoms. The van der Waals surface area contributed by atoms with Gasteiger partial charge in [0.25, 0.3) is 0 Å². The number of para-hydroxylation sites is 1. The second-order valence-corrected chi connectivity index (χ2v) is 4.95. The van der Waals surface area contributed by atoms with E-state index in [2.05, 4.69) is 5.32 Å². The van der Waals surface area contributed by atoms with Gasteiger partial charge < -0.3 is 11.1 Å². The van der Waals surface area contributed by atoms with E-state index < -0.39 is 17.1 Å². The minimum atomic E-state index is -1.03. The molecule has 1 aromatic carbocycles. The summed E-state index contributed by atoms with van der Waals surface area (Å²) < 4.78 is 13.5. The third-order valence-corrected chi connectivity index (χ3v) is 3.72. The first kappa shape index (κ1) is 14.9. The second kappa shape index (κ2) is 5.63. The van der Waals surface area contributed by atoms with Gasteiger partial charge in [-0.05, 0) is 25.5 Å². The molecule has 0 saturated heterocycles. The molecule has 1 amide bonds. The summed E-state index contributed by atoms with van der Waals surface area (Å²) in [5, 5.41) is 2.57. The van der Waals surface area contributed by atoms with E-state index >= 15 is 0 Å². The Morgan fingerprint density at radius 1 is 1.61 bits per heavy atom. The van der Waals surface area contributed by atoms with E-state index in [1.54, 1.807) is 13.8 Å². The number of halogens is 2. The summed E-state index contributed by atoms with van der Waals surface area (Å²) >= 11 is 10.7. The van der Waals surface area contributed by atoms with E-state index in [4.69, 9.17) is 29.6 Å². The molecular formula is C12H14ClFN2OS. The van der Waals surface area contributed by atoms with E-state index in [9.17, 15) is 9.18 Å². The van der Waals surface area contributed by atoms with Crippen LogP contribution in [0.25, 0.3) is 0 Å². The van der Waals surface area contributed by atoms with Crippen LogP contribution in [-0.4, -0.2) is 10.9 Å². The van der Waals surface area contributed by atoms with Crippen molar-refractivity contribution < 1.29 is 9.18 Å². The van der Waals surface area contributed by atoms with Crippen LogP contribution in [-0.2, 0) is 4.79 Å². The van der Waals surface area contributed by atoms with Crippen molar-refractivity contribution in [2.24, 2.45) is 11.1 Å². The van der Waals surface area contributed by atoms with Crippen molar-refractivity contribution in [3.63, 3.8) is 0 Å². The van der Waals surface area contributed by atoms with Crippen LogP contribution in [0.3, 0.4) is 0 Å². The smallest absolute Gasteiger partial charge is 0.237 e. The van der Waals surface area contributed by atoms with Gasteiger partial charge in [0.05, 0.1) is 21.1 Å². The van der Waals surface area contributed by atoms with E-state index in [1.807, 2.05) is 0 Å². The molecule has 0 aliphatic rings. The van der Waals surface area contributed by atoms with Crippen LogP contribution >= 0.6 is 23.8 Å². The zero-order valence-electron chi connectivity index (χ0n) is 10.1. The molecule has 0 aliphatic carbocycles. The molecule has 1 atom stereocenters. The Labute approximate surface area is 115 Å². The van der Waals surface area contributed by atoms with E-state index in [0.29, 0.717) is 6.42 Å². The molecule has 0 spiro atoms. The van der Waals surface area contributed by atoms with Crippen LogP contribution in [0.15, 0.2) is 18.2 Å². The molecule has 1 rings (SSSR count).